The Kier molecular flexibility index (Phi) is 3.92. The van der Waals surface area contributed by atoms with Gasteiger partial charge in [-0.25, -0.2) is 9.97 Å². The van der Waals surface area contributed by atoms with E-state index in [0.717, 1.165) is 33.9 Å². The summed E-state index contributed by atoms with van der Waals surface area (Å²) in [7, 11) is 0. The number of aromatic amines is 1. The number of hydrogen-bond acceptors (Lipinski definition) is 5. The van der Waals surface area contributed by atoms with Crippen molar-refractivity contribution < 1.29 is 4.79 Å². The summed E-state index contributed by atoms with van der Waals surface area (Å²) in [5.41, 5.74) is 0.954. The average molecular weight is 301 g/mol. The zero-order valence-corrected chi connectivity index (χ0v) is 12.4. The monoisotopic (exact) mass is 301 g/mol. The van der Waals surface area contributed by atoms with Crippen LogP contribution in [-0.2, 0) is 13.0 Å². The fourth-order valence-corrected chi connectivity index (χ4v) is 2.88. The van der Waals surface area contributed by atoms with Gasteiger partial charge >= 0.3 is 0 Å². The van der Waals surface area contributed by atoms with Crippen LogP contribution in [0.3, 0.4) is 0 Å². The van der Waals surface area contributed by atoms with Gasteiger partial charge in [-0.15, -0.1) is 16.4 Å². The number of nitrogens with one attached hydrogen (secondary N) is 2. The summed E-state index contributed by atoms with van der Waals surface area (Å²) in [5, 5.41) is 10.4. The van der Waals surface area contributed by atoms with E-state index in [-0.39, 0.29) is 11.7 Å². The van der Waals surface area contributed by atoms with Gasteiger partial charge in [-0.1, -0.05) is 19.1 Å². The fraction of sp³-hybridized carbons (Fsp3) is 0.286. The van der Waals surface area contributed by atoms with Gasteiger partial charge in [-0.05, 0) is 18.6 Å². The van der Waals surface area contributed by atoms with Gasteiger partial charge in [0.25, 0.3) is 5.91 Å². The third-order valence-corrected chi connectivity index (χ3v) is 4.00. The number of fused-ring (bicyclic) bond motifs is 1. The standard InChI is InChI=1S/C14H15N5OS/c1-2-5-11-17-13(19-18-11)14(20)15-8-12-16-9-6-3-4-7-10(9)21-12/h3-4,6-7H,2,5,8H2,1H3,(H,15,20)(H,17,18,19). The SMILES string of the molecule is CCCc1nc(C(=O)NCc2nc3ccccc3s2)n[nH]1. The number of para-hydroxylation sites is 1. The Morgan fingerprint density at radius 3 is 3.00 bits per heavy atom. The highest BCUT2D eigenvalue weighted by Crippen LogP contribution is 2.21. The molecule has 0 spiro atoms. The largest absolute Gasteiger partial charge is 0.343 e. The molecule has 0 saturated heterocycles. The highest BCUT2D eigenvalue weighted by Gasteiger charge is 2.12. The van der Waals surface area contributed by atoms with Crippen molar-refractivity contribution in [3.63, 3.8) is 0 Å². The summed E-state index contributed by atoms with van der Waals surface area (Å²) in [6.07, 6.45) is 1.75. The van der Waals surface area contributed by atoms with Crippen molar-refractivity contribution >= 4 is 27.5 Å². The van der Waals surface area contributed by atoms with Gasteiger partial charge in [0.05, 0.1) is 16.8 Å². The molecule has 108 valence electrons. The molecule has 6 nitrogen and oxygen atoms in total. The lowest BCUT2D eigenvalue weighted by molar-refractivity contribution is 0.0941. The molecule has 1 amide bonds. The number of amides is 1. The second-order valence-electron chi connectivity index (χ2n) is 4.61. The second-order valence-corrected chi connectivity index (χ2v) is 5.73. The summed E-state index contributed by atoms with van der Waals surface area (Å²) in [4.78, 5) is 20.6. The number of thiazole rings is 1. The molecule has 2 N–H and O–H groups in total. The highest BCUT2D eigenvalue weighted by atomic mass is 32.1. The number of carbonyl (C=O) groups is 1. The topological polar surface area (TPSA) is 83.6 Å². The van der Waals surface area contributed by atoms with E-state index in [1.165, 1.54) is 0 Å². The maximum Gasteiger partial charge on any atom is 0.291 e. The van der Waals surface area contributed by atoms with Crippen LogP contribution in [0.25, 0.3) is 10.2 Å². The number of benzene rings is 1. The molecule has 0 aliphatic rings. The number of carbonyl (C=O) groups excluding carboxylic acids is 1. The van der Waals surface area contributed by atoms with E-state index in [4.69, 9.17) is 0 Å². The van der Waals surface area contributed by atoms with Crippen LogP contribution in [0.5, 0.6) is 0 Å². The molecule has 0 fully saturated rings. The number of nitrogens with zero attached hydrogens (tertiary/aromatic N) is 3. The molecule has 0 aliphatic carbocycles. The molecule has 0 aliphatic heterocycles. The smallest absolute Gasteiger partial charge is 0.291 e. The molecular formula is C14H15N5OS. The summed E-state index contributed by atoms with van der Waals surface area (Å²) in [6.45, 7) is 2.44. The molecule has 2 aromatic heterocycles. The quantitative estimate of drug-likeness (QED) is 0.757. The molecule has 0 saturated carbocycles. The molecule has 7 heteroatoms. The van der Waals surface area contributed by atoms with Crippen molar-refractivity contribution in [1.29, 1.82) is 0 Å². The van der Waals surface area contributed by atoms with Crippen LogP contribution in [0.15, 0.2) is 24.3 Å². The first-order valence-corrected chi connectivity index (χ1v) is 7.62. The molecular weight excluding hydrogens is 286 g/mol. The predicted octanol–water partition coefficient (Wildman–Crippen LogP) is 2.30. The Bertz CT molecular complexity index is 730. The van der Waals surface area contributed by atoms with Crippen LogP contribution in [0, 0.1) is 0 Å². The van der Waals surface area contributed by atoms with E-state index in [2.05, 4.69) is 32.4 Å². The van der Waals surface area contributed by atoms with E-state index in [1.54, 1.807) is 11.3 Å². The number of H-pyrrole nitrogens is 1. The van der Waals surface area contributed by atoms with Crippen molar-refractivity contribution in [2.24, 2.45) is 0 Å². The fourth-order valence-electron chi connectivity index (χ4n) is 1.98. The van der Waals surface area contributed by atoms with Crippen LogP contribution in [0.2, 0.25) is 0 Å². The van der Waals surface area contributed by atoms with E-state index in [1.807, 2.05) is 24.3 Å². The zero-order chi connectivity index (χ0) is 14.7. The Morgan fingerprint density at radius 1 is 1.33 bits per heavy atom. The van der Waals surface area contributed by atoms with Crippen molar-refractivity contribution in [2.45, 2.75) is 26.3 Å². The first kappa shape index (κ1) is 13.7. The number of aryl methyl sites for hydroxylation is 1. The Balaban J connectivity index is 1.64. The summed E-state index contributed by atoms with van der Waals surface area (Å²) in [6, 6.07) is 7.91. The minimum absolute atomic E-state index is 0.180. The van der Waals surface area contributed by atoms with E-state index >= 15 is 0 Å². The minimum Gasteiger partial charge on any atom is -0.343 e. The Morgan fingerprint density at radius 2 is 2.19 bits per heavy atom. The van der Waals surface area contributed by atoms with Gasteiger partial charge in [0.1, 0.15) is 10.8 Å². The maximum atomic E-state index is 12.0. The predicted molar refractivity (Wildman–Crippen MR) is 81.2 cm³/mol. The lowest BCUT2D eigenvalue weighted by Gasteiger charge is -1.98. The number of hydrogen-bond donors (Lipinski definition) is 2. The normalized spacial score (nSPS) is 10.9. The molecule has 0 bridgehead atoms. The Labute approximate surface area is 125 Å². The first-order chi connectivity index (χ1) is 10.3. The molecule has 3 rings (SSSR count). The third-order valence-electron chi connectivity index (χ3n) is 2.96. The summed E-state index contributed by atoms with van der Waals surface area (Å²) in [5.74, 6) is 0.634. The number of aromatic nitrogens is 4. The minimum atomic E-state index is -0.284. The van der Waals surface area contributed by atoms with Crippen LogP contribution < -0.4 is 5.32 Å². The molecule has 21 heavy (non-hydrogen) atoms. The zero-order valence-electron chi connectivity index (χ0n) is 11.6. The van der Waals surface area contributed by atoms with Crippen LogP contribution >= 0.6 is 11.3 Å². The maximum absolute atomic E-state index is 12.0. The van der Waals surface area contributed by atoms with Crippen molar-refractivity contribution in [3.05, 3.63) is 40.9 Å². The molecule has 0 unspecified atom stereocenters. The van der Waals surface area contributed by atoms with Crippen molar-refractivity contribution in [1.82, 2.24) is 25.5 Å². The van der Waals surface area contributed by atoms with E-state index in [0.29, 0.717) is 6.54 Å². The van der Waals surface area contributed by atoms with E-state index in [9.17, 15) is 4.79 Å². The van der Waals surface area contributed by atoms with Gasteiger partial charge in [0.15, 0.2) is 0 Å². The lowest BCUT2D eigenvalue weighted by Crippen LogP contribution is -2.24. The Hall–Kier alpha value is -2.28. The summed E-state index contributed by atoms with van der Waals surface area (Å²) >= 11 is 1.57. The molecule has 0 atom stereocenters. The molecule has 1 aromatic carbocycles. The third kappa shape index (κ3) is 3.08. The van der Waals surface area contributed by atoms with Gasteiger partial charge in [-0.2, -0.15) is 0 Å². The average Bonchev–Trinajstić information content (AvgIpc) is 3.11. The van der Waals surface area contributed by atoms with Crippen LogP contribution in [-0.4, -0.2) is 26.1 Å². The van der Waals surface area contributed by atoms with Crippen molar-refractivity contribution in [2.75, 3.05) is 0 Å². The van der Waals surface area contributed by atoms with Gasteiger partial charge in [-0.3, -0.25) is 9.89 Å². The molecule has 2 heterocycles. The highest BCUT2D eigenvalue weighted by molar-refractivity contribution is 7.18. The molecule has 3 aromatic rings. The van der Waals surface area contributed by atoms with Gasteiger partial charge in [0, 0.05) is 6.42 Å². The molecule has 0 radical (unpaired) electrons. The van der Waals surface area contributed by atoms with Crippen molar-refractivity contribution in [3.8, 4) is 0 Å². The number of rotatable bonds is 5. The first-order valence-electron chi connectivity index (χ1n) is 6.80. The van der Waals surface area contributed by atoms with Gasteiger partial charge in [0.2, 0.25) is 5.82 Å². The lowest BCUT2D eigenvalue weighted by atomic mass is 10.3. The van der Waals surface area contributed by atoms with Gasteiger partial charge < -0.3 is 5.32 Å². The second kappa shape index (κ2) is 6.01. The summed E-state index contributed by atoms with van der Waals surface area (Å²) < 4.78 is 1.12. The van der Waals surface area contributed by atoms with Crippen LogP contribution in [0.1, 0.15) is 34.8 Å². The van der Waals surface area contributed by atoms with E-state index < -0.39 is 0 Å². The van der Waals surface area contributed by atoms with Crippen LogP contribution in [0.4, 0.5) is 0 Å².